The Hall–Kier alpha value is -2.62. The zero-order valence-electron chi connectivity index (χ0n) is 14.2. The summed E-state index contributed by atoms with van der Waals surface area (Å²) in [5.74, 6) is -1.68. The summed E-state index contributed by atoms with van der Waals surface area (Å²) in [4.78, 5) is 12.0. The minimum atomic E-state index is -3.89. The van der Waals surface area contributed by atoms with Crippen LogP contribution in [-0.2, 0) is 20.4 Å². The van der Waals surface area contributed by atoms with Gasteiger partial charge in [-0.05, 0) is 23.8 Å². The highest BCUT2D eigenvalue weighted by atomic mass is 35.5. The zero-order chi connectivity index (χ0) is 20.1. The fraction of sp³-hybridized carbons (Fsp3) is 0.0556. The van der Waals surface area contributed by atoms with Crippen molar-refractivity contribution in [1.29, 1.82) is 0 Å². The van der Waals surface area contributed by atoms with Crippen molar-refractivity contribution in [3.8, 4) is 0 Å². The first-order valence-electron chi connectivity index (χ1n) is 7.88. The Labute approximate surface area is 169 Å². The van der Waals surface area contributed by atoms with Crippen LogP contribution in [0.1, 0.15) is 11.1 Å². The van der Waals surface area contributed by atoms with Gasteiger partial charge in [-0.1, -0.05) is 59.3 Å². The third-order valence-electron chi connectivity index (χ3n) is 3.53. The fourth-order valence-electron chi connectivity index (χ4n) is 2.19. The van der Waals surface area contributed by atoms with Crippen LogP contribution < -0.4 is 5.32 Å². The van der Waals surface area contributed by atoms with Crippen molar-refractivity contribution < 1.29 is 17.6 Å². The van der Waals surface area contributed by atoms with E-state index in [4.69, 9.17) is 11.6 Å². The molecule has 0 spiro atoms. The number of carbonyl (C=O) groups excluding carboxylic acids is 1. The van der Waals surface area contributed by atoms with Crippen molar-refractivity contribution in [3.63, 3.8) is 0 Å². The summed E-state index contributed by atoms with van der Waals surface area (Å²) in [5.41, 5.74) is 0.690. The molecular weight excluding hydrogens is 425 g/mol. The molecule has 0 unspecified atom stereocenters. The van der Waals surface area contributed by atoms with Crippen LogP contribution >= 0.6 is 22.9 Å². The summed E-state index contributed by atoms with van der Waals surface area (Å²) < 4.78 is 38.2. The number of hydrogen-bond donors (Lipinski definition) is 1. The molecule has 0 radical (unpaired) electrons. The molecule has 0 atom stereocenters. The van der Waals surface area contributed by atoms with E-state index in [0.717, 1.165) is 0 Å². The Balaban J connectivity index is 1.69. The van der Waals surface area contributed by atoms with Gasteiger partial charge in [0.15, 0.2) is 0 Å². The SMILES string of the molecule is O=C(/C=C/c1ccccc1Cl)Nc1nnc(S(=O)(=O)Cc2ccccc2F)s1. The van der Waals surface area contributed by atoms with E-state index < -0.39 is 27.3 Å². The largest absolute Gasteiger partial charge is 0.297 e. The van der Waals surface area contributed by atoms with Gasteiger partial charge >= 0.3 is 0 Å². The van der Waals surface area contributed by atoms with Crippen LogP contribution in [0.25, 0.3) is 6.08 Å². The standard InChI is InChI=1S/C18H13ClFN3O3S2/c19-14-7-3-1-5-12(14)9-10-16(24)21-17-22-23-18(27-17)28(25,26)11-13-6-2-4-8-15(13)20/h1-10H,11H2,(H,21,22,24)/b10-9+. The molecule has 144 valence electrons. The van der Waals surface area contributed by atoms with Crippen molar-refractivity contribution in [2.45, 2.75) is 10.1 Å². The molecule has 0 bridgehead atoms. The number of sulfone groups is 1. The van der Waals surface area contributed by atoms with E-state index in [1.54, 1.807) is 30.3 Å². The fourth-order valence-corrected chi connectivity index (χ4v) is 4.72. The lowest BCUT2D eigenvalue weighted by Crippen LogP contribution is -2.07. The summed E-state index contributed by atoms with van der Waals surface area (Å²) in [6.45, 7) is 0. The molecule has 3 aromatic rings. The molecule has 0 saturated carbocycles. The molecule has 1 heterocycles. The number of halogens is 2. The van der Waals surface area contributed by atoms with Gasteiger partial charge in [-0.2, -0.15) is 0 Å². The summed E-state index contributed by atoms with van der Waals surface area (Å²) in [6.07, 6.45) is 2.77. The van der Waals surface area contributed by atoms with Gasteiger partial charge in [0.05, 0.1) is 5.75 Å². The Kier molecular flexibility index (Phi) is 6.18. The summed E-state index contributed by atoms with van der Waals surface area (Å²) in [6, 6.07) is 12.6. The molecule has 0 fully saturated rings. The van der Waals surface area contributed by atoms with Gasteiger partial charge in [0, 0.05) is 16.7 Å². The highest BCUT2D eigenvalue weighted by Gasteiger charge is 2.22. The van der Waals surface area contributed by atoms with Crippen molar-refractivity contribution in [2.24, 2.45) is 0 Å². The average Bonchev–Trinajstić information content (AvgIpc) is 3.12. The number of nitrogens with zero attached hydrogens (tertiary/aromatic N) is 2. The topological polar surface area (TPSA) is 89.0 Å². The molecule has 10 heteroatoms. The molecule has 0 saturated heterocycles. The van der Waals surface area contributed by atoms with Gasteiger partial charge in [-0.3, -0.25) is 10.1 Å². The molecule has 2 aromatic carbocycles. The van der Waals surface area contributed by atoms with Crippen molar-refractivity contribution in [1.82, 2.24) is 10.2 Å². The lowest BCUT2D eigenvalue weighted by Gasteiger charge is -2.01. The second-order valence-electron chi connectivity index (χ2n) is 5.57. The van der Waals surface area contributed by atoms with E-state index in [2.05, 4.69) is 15.5 Å². The van der Waals surface area contributed by atoms with E-state index in [0.29, 0.717) is 21.9 Å². The first-order chi connectivity index (χ1) is 13.3. The number of hydrogen-bond acceptors (Lipinski definition) is 6. The molecule has 0 aliphatic heterocycles. The number of nitrogens with one attached hydrogen (secondary N) is 1. The molecule has 1 aromatic heterocycles. The van der Waals surface area contributed by atoms with Crippen LogP contribution in [0.3, 0.4) is 0 Å². The Bertz CT molecular complexity index is 1150. The van der Waals surface area contributed by atoms with Gasteiger partial charge in [-0.15, -0.1) is 10.2 Å². The van der Waals surface area contributed by atoms with Crippen LogP contribution in [0.4, 0.5) is 9.52 Å². The number of rotatable bonds is 6. The second-order valence-corrected chi connectivity index (χ2v) is 9.12. The van der Waals surface area contributed by atoms with E-state index in [9.17, 15) is 17.6 Å². The predicted octanol–water partition coefficient (Wildman–Crippen LogP) is 3.96. The summed E-state index contributed by atoms with van der Waals surface area (Å²) in [7, 11) is -3.89. The lowest BCUT2D eigenvalue weighted by atomic mass is 10.2. The van der Waals surface area contributed by atoms with Gasteiger partial charge in [0.25, 0.3) is 0 Å². The number of amides is 1. The van der Waals surface area contributed by atoms with E-state index >= 15 is 0 Å². The minimum absolute atomic E-state index is 0.0147. The van der Waals surface area contributed by atoms with E-state index in [-0.39, 0.29) is 15.0 Å². The lowest BCUT2D eigenvalue weighted by molar-refractivity contribution is -0.111. The van der Waals surface area contributed by atoms with E-state index in [1.165, 1.54) is 30.4 Å². The first kappa shape index (κ1) is 20.1. The van der Waals surface area contributed by atoms with Crippen LogP contribution in [0.5, 0.6) is 0 Å². The third kappa shape index (κ3) is 5.00. The Morgan fingerprint density at radius 2 is 1.86 bits per heavy atom. The molecule has 0 aliphatic carbocycles. The molecule has 0 aliphatic rings. The normalized spacial score (nSPS) is 11.6. The molecule has 6 nitrogen and oxygen atoms in total. The minimum Gasteiger partial charge on any atom is -0.297 e. The molecule has 1 amide bonds. The van der Waals surface area contributed by atoms with Crippen molar-refractivity contribution in [2.75, 3.05) is 5.32 Å². The molecule has 1 N–H and O–H groups in total. The van der Waals surface area contributed by atoms with Crippen LogP contribution in [0, 0.1) is 5.82 Å². The quantitative estimate of drug-likeness (QED) is 0.465. The Morgan fingerprint density at radius 3 is 2.61 bits per heavy atom. The molecular formula is C18H13ClFN3O3S2. The van der Waals surface area contributed by atoms with Crippen molar-refractivity contribution >= 4 is 49.9 Å². The average molecular weight is 438 g/mol. The van der Waals surface area contributed by atoms with Crippen molar-refractivity contribution in [3.05, 3.63) is 76.6 Å². The highest BCUT2D eigenvalue weighted by Crippen LogP contribution is 2.24. The maximum atomic E-state index is 13.7. The number of aromatic nitrogens is 2. The Morgan fingerprint density at radius 1 is 1.14 bits per heavy atom. The second kappa shape index (κ2) is 8.59. The maximum absolute atomic E-state index is 13.7. The van der Waals surface area contributed by atoms with Gasteiger partial charge in [0.1, 0.15) is 5.82 Å². The monoisotopic (exact) mass is 437 g/mol. The predicted molar refractivity (Wildman–Crippen MR) is 106 cm³/mol. The van der Waals surface area contributed by atoms with Gasteiger partial charge in [-0.25, -0.2) is 12.8 Å². The smallest absolute Gasteiger partial charge is 0.250 e. The van der Waals surface area contributed by atoms with E-state index in [1.807, 2.05) is 0 Å². The molecule has 28 heavy (non-hydrogen) atoms. The summed E-state index contributed by atoms with van der Waals surface area (Å²) in [5, 5.41) is 10.2. The number of benzene rings is 2. The first-order valence-corrected chi connectivity index (χ1v) is 10.7. The van der Waals surface area contributed by atoms with Crippen LogP contribution in [-0.4, -0.2) is 24.5 Å². The zero-order valence-corrected chi connectivity index (χ0v) is 16.6. The third-order valence-corrected chi connectivity index (χ3v) is 6.82. The highest BCUT2D eigenvalue weighted by molar-refractivity contribution is 7.92. The van der Waals surface area contributed by atoms with Crippen LogP contribution in [0.2, 0.25) is 5.02 Å². The number of carbonyl (C=O) groups is 1. The van der Waals surface area contributed by atoms with Gasteiger partial charge < -0.3 is 0 Å². The van der Waals surface area contributed by atoms with Gasteiger partial charge in [0.2, 0.25) is 25.2 Å². The summed E-state index contributed by atoms with van der Waals surface area (Å²) >= 11 is 6.70. The van der Waals surface area contributed by atoms with Crippen LogP contribution in [0.15, 0.2) is 58.9 Å². The maximum Gasteiger partial charge on any atom is 0.250 e. The number of anilines is 1. The molecule has 3 rings (SSSR count).